The van der Waals surface area contributed by atoms with E-state index in [1.165, 1.54) is 0 Å². The summed E-state index contributed by atoms with van der Waals surface area (Å²) in [6.07, 6.45) is 1.87. The van der Waals surface area contributed by atoms with Gasteiger partial charge in [0.1, 0.15) is 18.4 Å². The molecule has 8 heteroatoms. The molecule has 4 N–H and O–H groups in total. The molecule has 0 saturated heterocycles. The molecule has 2 aromatic rings. The van der Waals surface area contributed by atoms with Crippen molar-refractivity contribution in [2.45, 2.75) is 78.1 Å². The number of carbonyl (C=O) groups is 2. The second-order valence-electron chi connectivity index (χ2n) is 11.9. The zero-order chi connectivity index (χ0) is 29.7. The van der Waals surface area contributed by atoms with Crippen molar-refractivity contribution in [3.05, 3.63) is 65.7 Å². The Morgan fingerprint density at radius 3 is 2.08 bits per heavy atom. The third-order valence-corrected chi connectivity index (χ3v) is 6.96. The van der Waals surface area contributed by atoms with Gasteiger partial charge in [-0.05, 0) is 68.5 Å². The quantitative estimate of drug-likeness (QED) is 0.238. The summed E-state index contributed by atoms with van der Waals surface area (Å²) in [7, 11) is 1.95. The molecule has 2 rings (SSSR count). The van der Waals surface area contributed by atoms with E-state index in [0.29, 0.717) is 30.6 Å². The molecule has 0 spiro atoms. The molecule has 2 aromatic carbocycles. The molecule has 0 radical (unpaired) electrons. The molecule has 0 unspecified atom stereocenters. The lowest BCUT2D eigenvalue weighted by Gasteiger charge is -2.32. The highest BCUT2D eigenvalue weighted by Gasteiger charge is 2.32. The second-order valence-corrected chi connectivity index (χ2v) is 11.9. The average Bonchev–Trinajstić information content (AvgIpc) is 2.94. The Labute approximate surface area is 240 Å². The molecule has 0 aliphatic heterocycles. The van der Waals surface area contributed by atoms with Gasteiger partial charge in [-0.2, -0.15) is 0 Å². The topological polar surface area (TPSA) is 111 Å². The van der Waals surface area contributed by atoms with Crippen LogP contribution in [-0.4, -0.2) is 71.4 Å². The zero-order valence-corrected chi connectivity index (χ0v) is 25.0. The molecule has 0 aromatic heterocycles. The van der Waals surface area contributed by atoms with Crippen molar-refractivity contribution in [1.29, 1.82) is 0 Å². The van der Waals surface area contributed by atoms with E-state index in [1.807, 2.05) is 61.6 Å². The normalized spacial score (nSPS) is 13.4. The predicted octanol–water partition coefficient (Wildman–Crippen LogP) is 3.55. The van der Waals surface area contributed by atoms with Crippen LogP contribution in [0.2, 0.25) is 0 Å². The summed E-state index contributed by atoms with van der Waals surface area (Å²) in [5, 5.41) is 25.2. The Morgan fingerprint density at radius 2 is 1.52 bits per heavy atom. The van der Waals surface area contributed by atoms with Crippen LogP contribution in [-0.2, 0) is 22.6 Å². The first kappa shape index (κ1) is 33.3. The standard InChI is InChI=1S/C32H49N3O5/c1-23(2)16-17-35(6)29(18-24(3)4)31(39)33-28(30(38)34-32(5,21-36)22-37)19-25-12-14-27(15-13-25)40-20-26-10-8-7-9-11-26/h7-15,23-24,28-29,36-37H,16-22H2,1-6H3,(H,33,39)(H,34,38)/t28-,29+/m0/s1. The number of amides is 2. The minimum absolute atomic E-state index is 0.211. The predicted molar refractivity (Wildman–Crippen MR) is 159 cm³/mol. The average molecular weight is 556 g/mol. The van der Waals surface area contributed by atoms with Gasteiger partial charge in [0, 0.05) is 6.42 Å². The monoisotopic (exact) mass is 555 g/mol. The molecular weight excluding hydrogens is 506 g/mol. The molecule has 222 valence electrons. The van der Waals surface area contributed by atoms with Crippen molar-refractivity contribution >= 4 is 11.8 Å². The van der Waals surface area contributed by atoms with E-state index in [2.05, 4.69) is 43.2 Å². The lowest BCUT2D eigenvalue weighted by molar-refractivity contribution is -0.133. The highest BCUT2D eigenvalue weighted by atomic mass is 16.5. The van der Waals surface area contributed by atoms with Crippen LogP contribution in [0.25, 0.3) is 0 Å². The van der Waals surface area contributed by atoms with E-state index in [9.17, 15) is 19.8 Å². The number of hydrogen-bond acceptors (Lipinski definition) is 6. The van der Waals surface area contributed by atoms with Crippen LogP contribution < -0.4 is 15.4 Å². The number of aliphatic hydroxyl groups is 2. The molecule has 0 aliphatic carbocycles. The van der Waals surface area contributed by atoms with E-state index < -0.39 is 30.7 Å². The number of rotatable bonds is 17. The fourth-order valence-corrected chi connectivity index (χ4v) is 4.24. The van der Waals surface area contributed by atoms with Gasteiger partial charge in [0.2, 0.25) is 11.8 Å². The van der Waals surface area contributed by atoms with Crippen molar-refractivity contribution < 1.29 is 24.5 Å². The highest BCUT2D eigenvalue weighted by molar-refractivity contribution is 5.90. The van der Waals surface area contributed by atoms with Crippen LogP contribution in [0.5, 0.6) is 5.75 Å². The first-order chi connectivity index (χ1) is 19.0. The van der Waals surface area contributed by atoms with Gasteiger partial charge in [-0.1, -0.05) is 70.2 Å². The minimum atomic E-state index is -1.21. The van der Waals surface area contributed by atoms with Crippen molar-refractivity contribution in [3.63, 3.8) is 0 Å². The van der Waals surface area contributed by atoms with Gasteiger partial charge in [-0.25, -0.2) is 0 Å². The summed E-state index contributed by atoms with van der Waals surface area (Å²) in [6, 6.07) is 16.1. The largest absolute Gasteiger partial charge is 0.489 e. The van der Waals surface area contributed by atoms with E-state index in [1.54, 1.807) is 6.92 Å². The van der Waals surface area contributed by atoms with E-state index in [-0.39, 0.29) is 18.4 Å². The Morgan fingerprint density at radius 1 is 0.900 bits per heavy atom. The Balaban J connectivity index is 2.20. The van der Waals surface area contributed by atoms with Crippen LogP contribution >= 0.6 is 0 Å². The molecule has 8 nitrogen and oxygen atoms in total. The summed E-state index contributed by atoms with van der Waals surface area (Å²) in [5.74, 6) is 0.835. The summed E-state index contributed by atoms with van der Waals surface area (Å²) in [6.45, 7) is 10.4. The molecule has 2 amide bonds. The molecule has 0 heterocycles. The molecule has 0 saturated carbocycles. The Bertz CT molecular complexity index is 1020. The third kappa shape index (κ3) is 11.3. The summed E-state index contributed by atoms with van der Waals surface area (Å²) >= 11 is 0. The minimum Gasteiger partial charge on any atom is -0.489 e. The third-order valence-electron chi connectivity index (χ3n) is 6.96. The van der Waals surface area contributed by atoms with Crippen molar-refractivity contribution in [2.24, 2.45) is 11.8 Å². The van der Waals surface area contributed by atoms with Gasteiger partial charge >= 0.3 is 0 Å². The van der Waals surface area contributed by atoms with Crippen molar-refractivity contribution in [1.82, 2.24) is 15.5 Å². The van der Waals surface area contributed by atoms with Gasteiger partial charge in [0.05, 0.1) is 24.8 Å². The molecule has 40 heavy (non-hydrogen) atoms. The van der Waals surface area contributed by atoms with Crippen molar-refractivity contribution in [3.8, 4) is 5.75 Å². The van der Waals surface area contributed by atoms with Gasteiger partial charge in [-0.15, -0.1) is 0 Å². The summed E-state index contributed by atoms with van der Waals surface area (Å²) < 4.78 is 5.88. The number of nitrogens with one attached hydrogen (secondary N) is 2. The van der Waals surface area contributed by atoms with E-state index in [0.717, 1.165) is 24.1 Å². The van der Waals surface area contributed by atoms with Gasteiger partial charge in [0.15, 0.2) is 0 Å². The fourth-order valence-electron chi connectivity index (χ4n) is 4.24. The lowest BCUT2D eigenvalue weighted by Crippen LogP contribution is -2.60. The van der Waals surface area contributed by atoms with Crippen LogP contribution in [0.15, 0.2) is 54.6 Å². The van der Waals surface area contributed by atoms with Crippen LogP contribution in [0.3, 0.4) is 0 Å². The number of likely N-dealkylation sites (N-methyl/N-ethyl adjacent to an activating group) is 1. The molecular formula is C32H49N3O5. The lowest BCUT2D eigenvalue weighted by atomic mass is 9.98. The molecule has 2 atom stereocenters. The van der Waals surface area contributed by atoms with Gasteiger partial charge in [0.25, 0.3) is 0 Å². The number of aliphatic hydroxyl groups excluding tert-OH is 2. The van der Waals surface area contributed by atoms with Gasteiger partial charge in [-0.3, -0.25) is 14.5 Å². The maximum Gasteiger partial charge on any atom is 0.243 e. The number of hydrogen-bond donors (Lipinski definition) is 4. The van der Waals surface area contributed by atoms with Crippen LogP contribution in [0.4, 0.5) is 0 Å². The maximum absolute atomic E-state index is 13.6. The maximum atomic E-state index is 13.6. The molecule has 0 aliphatic rings. The van der Waals surface area contributed by atoms with E-state index >= 15 is 0 Å². The summed E-state index contributed by atoms with van der Waals surface area (Å²) in [4.78, 5) is 29.0. The van der Waals surface area contributed by atoms with Crippen LogP contribution in [0, 0.1) is 11.8 Å². The van der Waals surface area contributed by atoms with Crippen LogP contribution in [0.1, 0.15) is 58.6 Å². The smallest absolute Gasteiger partial charge is 0.243 e. The highest BCUT2D eigenvalue weighted by Crippen LogP contribution is 2.17. The number of nitrogens with zero attached hydrogens (tertiary/aromatic N) is 1. The SMILES string of the molecule is CC(C)CCN(C)[C@H](CC(C)C)C(=O)N[C@@H](Cc1ccc(OCc2ccccc2)cc1)C(=O)NC(C)(CO)CO. The molecule has 0 bridgehead atoms. The second kappa shape index (κ2) is 16.4. The molecule has 0 fully saturated rings. The van der Waals surface area contributed by atoms with E-state index in [4.69, 9.17) is 4.74 Å². The Hall–Kier alpha value is -2.94. The Kier molecular flexibility index (Phi) is 13.6. The fraction of sp³-hybridized carbons (Fsp3) is 0.562. The van der Waals surface area contributed by atoms with Crippen molar-refractivity contribution in [2.75, 3.05) is 26.8 Å². The first-order valence-corrected chi connectivity index (χ1v) is 14.3. The number of benzene rings is 2. The van der Waals surface area contributed by atoms with Gasteiger partial charge < -0.3 is 25.6 Å². The number of carbonyl (C=O) groups excluding carboxylic acids is 2. The summed E-state index contributed by atoms with van der Waals surface area (Å²) in [5.41, 5.74) is 0.701. The first-order valence-electron chi connectivity index (χ1n) is 14.3. The number of ether oxygens (including phenoxy) is 1. The zero-order valence-electron chi connectivity index (χ0n) is 25.0.